The van der Waals surface area contributed by atoms with Crippen molar-refractivity contribution in [2.24, 2.45) is 0 Å². The molecule has 0 bridgehead atoms. The first kappa shape index (κ1) is 12.2. The molecule has 0 atom stereocenters. The summed E-state index contributed by atoms with van der Waals surface area (Å²) in [7, 11) is 5.41. The number of rotatable bonds is 3. The van der Waals surface area contributed by atoms with Crippen LogP contribution in [-0.2, 0) is 0 Å². The van der Waals surface area contributed by atoms with Gasteiger partial charge in [-0.2, -0.15) is 0 Å². The minimum absolute atomic E-state index is 0.232. The number of ether oxygens (including phenoxy) is 1. The minimum atomic E-state index is -0.279. The zero-order valence-corrected chi connectivity index (χ0v) is 10.6. The molecule has 1 aromatic carbocycles. The lowest BCUT2D eigenvalue weighted by Gasteiger charge is -2.13. The lowest BCUT2D eigenvalue weighted by molar-refractivity contribution is 0.408. The van der Waals surface area contributed by atoms with E-state index in [1.54, 1.807) is 0 Å². The monoisotopic (exact) mass is 245 g/mol. The Morgan fingerprint density at radius 1 is 1.22 bits per heavy atom. The smallest absolute Gasteiger partial charge is 0.293 e. The third kappa shape index (κ3) is 2.20. The first-order chi connectivity index (χ1) is 8.63. The lowest BCUT2D eigenvalue weighted by Crippen LogP contribution is -2.11. The van der Waals surface area contributed by atoms with Crippen LogP contribution in [-0.4, -0.2) is 31.2 Å². The molecule has 2 rings (SSSR count). The molecule has 0 saturated carbocycles. The van der Waals surface area contributed by atoms with Crippen molar-refractivity contribution in [3.63, 3.8) is 0 Å². The fourth-order valence-electron chi connectivity index (χ4n) is 1.70. The molecule has 5 nitrogen and oxygen atoms in total. The molecule has 94 valence electrons. The van der Waals surface area contributed by atoms with E-state index in [1.807, 2.05) is 43.3 Å². The number of nitrogens with one attached hydrogen (secondary N) is 1. The van der Waals surface area contributed by atoms with Crippen LogP contribution < -0.4 is 15.2 Å². The van der Waals surface area contributed by atoms with Gasteiger partial charge in [0.05, 0.1) is 13.4 Å². The van der Waals surface area contributed by atoms with Gasteiger partial charge in [-0.1, -0.05) is 12.1 Å². The highest BCUT2D eigenvalue weighted by Gasteiger charge is 2.11. The van der Waals surface area contributed by atoms with Gasteiger partial charge in [-0.15, -0.1) is 0 Å². The van der Waals surface area contributed by atoms with Gasteiger partial charge in [0.2, 0.25) is 5.75 Å². The average Bonchev–Trinajstić information content (AvgIpc) is 2.38. The number of hydrogen-bond acceptors (Lipinski definition) is 4. The quantitative estimate of drug-likeness (QED) is 0.890. The molecule has 2 aromatic rings. The number of anilines is 1. The van der Waals surface area contributed by atoms with Crippen LogP contribution in [0.25, 0.3) is 11.3 Å². The molecular weight excluding hydrogens is 230 g/mol. The van der Waals surface area contributed by atoms with E-state index in [0.29, 0.717) is 5.69 Å². The van der Waals surface area contributed by atoms with Crippen molar-refractivity contribution in [1.29, 1.82) is 0 Å². The number of nitrogens with zero attached hydrogens (tertiary/aromatic N) is 2. The van der Waals surface area contributed by atoms with Gasteiger partial charge in [-0.05, 0) is 12.1 Å². The van der Waals surface area contributed by atoms with Crippen molar-refractivity contribution in [3.8, 4) is 17.0 Å². The summed E-state index contributed by atoms with van der Waals surface area (Å²) in [6.45, 7) is 0. The van der Waals surface area contributed by atoms with Crippen LogP contribution in [0.5, 0.6) is 5.75 Å². The third-order valence-corrected chi connectivity index (χ3v) is 2.67. The van der Waals surface area contributed by atoms with Crippen molar-refractivity contribution in [3.05, 3.63) is 40.9 Å². The highest BCUT2D eigenvalue weighted by atomic mass is 16.5. The van der Waals surface area contributed by atoms with Crippen LogP contribution in [0.4, 0.5) is 5.69 Å². The lowest BCUT2D eigenvalue weighted by atomic mass is 10.1. The molecule has 0 radical (unpaired) electrons. The second-order valence-corrected chi connectivity index (χ2v) is 4.05. The van der Waals surface area contributed by atoms with Crippen molar-refractivity contribution in [2.45, 2.75) is 0 Å². The highest BCUT2D eigenvalue weighted by molar-refractivity contribution is 5.67. The minimum Gasteiger partial charge on any atom is -0.490 e. The average molecular weight is 245 g/mol. The van der Waals surface area contributed by atoms with Gasteiger partial charge in [0.1, 0.15) is 5.69 Å². The Morgan fingerprint density at radius 3 is 2.44 bits per heavy atom. The fourth-order valence-corrected chi connectivity index (χ4v) is 1.70. The number of aromatic amines is 1. The van der Waals surface area contributed by atoms with E-state index >= 15 is 0 Å². The molecule has 0 amide bonds. The molecule has 1 N–H and O–H groups in total. The Morgan fingerprint density at radius 2 is 1.89 bits per heavy atom. The fraction of sp³-hybridized carbons (Fsp3) is 0.231. The van der Waals surface area contributed by atoms with Crippen LogP contribution in [0, 0.1) is 0 Å². The molecule has 1 aromatic heterocycles. The molecular formula is C13H15N3O2. The Kier molecular flexibility index (Phi) is 3.32. The summed E-state index contributed by atoms with van der Waals surface area (Å²) in [5.41, 5.74) is 2.21. The van der Waals surface area contributed by atoms with Gasteiger partial charge < -0.3 is 14.6 Å². The Bertz CT molecular complexity index is 588. The summed E-state index contributed by atoms with van der Waals surface area (Å²) in [6.07, 6.45) is 1.38. The van der Waals surface area contributed by atoms with Crippen LogP contribution in [0.2, 0.25) is 0 Å². The molecule has 0 aliphatic heterocycles. The molecule has 18 heavy (non-hydrogen) atoms. The Labute approximate surface area is 105 Å². The van der Waals surface area contributed by atoms with Crippen molar-refractivity contribution >= 4 is 5.69 Å². The zero-order valence-electron chi connectivity index (χ0n) is 10.6. The van der Waals surface area contributed by atoms with E-state index < -0.39 is 0 Å². The van der Waals surface area contributed by atoms with E-state index in [-0.39, 0.29) is 11.3 Å². The largest absolute Gasteiger partial charge is 0.490 e. The second-order valence-electron chi connectivity index (χ2n) is 4.05. The molecule has 0 aliphatic rings. The van der Waals surface area contributed by atoms with Gasteiger partial charge in [-0.25, -0.2) is 4.98 Å². The number of methoxy groups -OCH3 is 1. The van der Waals surface area contributed by atoms with Crippen molar-refractivity contribution < 1.29 is 4.74 Å². The summed E-state index contributed by atoms with van der Waals surface area (Å²) in [6, 6.07) is 7.77. The normalized spacial score (nSPS) is 10.2. The number of benzene rings is 1. The van der Waals surface area contributed by atoms with Gasteiger partial charge >= 0.3 is 0 Å². The highest BCUT2D eigenvalue weighted by Crippen LogP contribution is 2.25. The number of aromatic nitrogens is 2. The molecule has 0 fully saturated rings. The van der Waals surface area contributed by atoms with Crippen molar-refractivity contribution in [2.75, 3.05) is 26.1 Å². The summed E-state index contributed by atoms with van der Waals surface area (Å²) < 4.78 is 5.09. The van der Waals surface area contributed by atoms with Crippen LogP contribution in [0.15, 0.2) is 35.4 Å². The molecule has 0 unspecified atom stereocenters. The van der Waals surface area contributed by atoms with E-state index in [2.05, 4.69) is 9.97 Å². The Hall–Kier alpha value is -2.30. The van der Waals surface area contributed by atoms with Gasteiger partial charge in [-0.3, -0.25) is 4.79 Å². The predicted molar refractivity (Wildman–Crippen MR) is 71.2 cm³/mol. The van der Waals surface area contributed by atoms with E-state index in [0.717, 1.165) is 11.3 Å². The molecule has 5 heteroatoms. The molecule has 1 heterocycles. The van der Waals surface area contributed by atoms with E-state index in [9.17, 15) is 4.79 Å². The van der Waals surface area contributed by atoms with Gasteiger partial charge in [0.25, 0.3) is 5.56 Å². The predicted octanol–water partition coefficient (Wildman–Crippen LogP) is 1.51. The summed E-state index contributed by atoms with van der Waals surface area (Å²) in [4.78, 5) is 20.2. The number of hydrogen-bond donors (Lipinski definition) is 1. The first-order valence-corrected chi connectivity index (χ1v) is 5.53. The van der Waals surface area contributed by atoms with Gasteiger partial charge in [0.15, 0.2) is 0 Å². The Balaban J connectivity index is 2.49. The summed E-state index contributed by atoms with van der Waals surface area (Å²) >= 11 is 0. The molecule has 0 spiro atoms. The maximum Gasteiger partial charge on any atom is 0.293 e. The second kappa shape index (κ2) is 4.91. The summed E-state index contributed by atoms with van der Waals surface area (Å²) in [5, 5.41) is 0. The molecule has 0 saturated heterocycles. The van der Waals surface area contributed by atoms with E-state index in [4.69, 9.17) is 4.74 Å². The van der Waals surface area contributed by atoms with Gasteiger partial charge in [0, 0.05) is 25.3 Å². The molecule has 0 aliphatic carbocycles. The SMILES string of the molecule is COc1c(-c2ccc(N(C)C)cc2)nc[nH]c1=O. The summed E-state index contributed by atoms with van der Waals surface area (Å²) in [5.74, 6) is 0.232. The number of H-pyrrole nitrogens is 1. The third-order valence-electron chi connectivity index (χ3n) is 2.67. The zero-order chi connectivity index (χ0) is 13.1. The van der Waals surface area contributed by atoms with Crippen LogP contribution >= 0.6 is 0 Å². The van der Waals surface area contributed by atoms with Crippen LogP contribution in [0.3, 0.4) is 0 Å². The van der Waals surface area contributed by atoms with Crippen molar-refractivity contribution in [1.82, 2.24) is 9.97 Å². The standard InChI is InChI=1S/C13H15N3O2/c1-16(2)10-6-4-9(5-7-10)11-12(18-3)13(17)15-8-14-11/h4-8H,1-3H3,(H,14,15,17). The maximum atomic E-state index is 11.6. The first-order valence-electron chi connectivity index (χ1n) is 5.53. The maximum absolute atomic E-state index is 11.6. The van der Waals surface area contributed by atoms with Crippen LogP contribution in [0.1, 0.15) is 0 Å². The topological polar surface area (TPSA) is 58.2 Å². The van der Waals surface area contributed by atoms with E-state index in [1.165, 1.54) is 13.4 Å².